The number of pyridine rings is 1. The van der Waals surface area contributed by atoms with Gasteiger partial charge in [-0.25, -0.2) is 15.0 Å². The summed E-state index contributed by atoms with van der Waals surface area (Å²) in [6.45, 7) is 3.33. The van der Waals surface area contributed by atoms with Crippen LogP contribution in [0.15, 0.2) is 61.1 Å². The highest BCUT2D eigenvalue weighted by molar-refractivity contribution is 6.06. The number of para-hydroxylation sites is 1. The van der Waals surface area contributed by atoms with E-state index in [2.05, 4.69) is 30.1 Å². The third-order valence-corrected chi connectivity index (χ3v) is 4.80. The van der Waals surface area contributed by atoms with E-state index >= 15 is 0 Å². The second-order valence-electron chi connectivity index (χ2n) is 6.58. The second-order valence-corrected chi connectivity index (χ2v) is 6.58. The van der Waals surface area contributed by atoms with Crippen molar-refractivity contribution in [2.45, 2.75) is 0 Å². The van der Waals surface area contributed by atoms with Crippen molar-refractivity contribution in [3.63, 3.8) is 0 Å². The number of methoxy groups -OCH3 is 1. The largest absolute Gasteiger partial charge is 0.496 e. The minimum Gasteiger partial charge on any atom is -0.496 e. The number of hydrogen-bond donors (Lipinski definition) is 1. The Bertz CT molecular complexity index is 956. The number of aromatic nitrogens is 3. The lowest BCUT2D eigenvalue weighted by atomic mass is 10.2. The number of benzene rings is 1. The quantitative estimate of drug-likeness (QED) is 0.716. The monoisotopic (exact) mass is 390 g/mol. The van der Waals surface area contributed by atoms with Gasteiger partial charge in [-0.1, -0.05) is 12.1 Å². The van der Waals surface area contributed by atoms with Crippen molar-refractivity contribution in [3.8, 4) is 5.75 Å². The Morgan fingerprint density at radius 3 is 2.34 bits per heavy atom. The molecule has 0 aliphatic carbocycles. The molecule has 3 heterocycles. The van der Waals surface area contributed by atoms with Crippen molar-refractivity contribution < 1.29 is 9.53 Å². The van der Waals surface area contributed by atoms with Gasteiger partial charge in [0.25, 0.3) is 5.91 Å². The van der Waals surface area contributed by atoms with Gasteiger partial charge in [-0.3, -0.25) is 4.79 Å². The molecule has 1 aliphatic rings. The first-order valence-corrected chi connectivity index (χ1v) is 9.42. The molecule has 1 amide bonds. The van der Waals surface area contributed by atoms with Crippen LogP contribution in [0.2, 0.25) is 0 Å². The predicted octanol–water partition coefficient (Wildman–Crippen LogP) is 2.46. The van der Waals surface area contributed by atoms with Crippen LogP contribution >= 0.6 is 0 Å². The van der Waals surface area contributed by atoms with Crippen LogP contribution in [0.25, 0.3) is 0 Å². The maximum atomic E-state index is 12.5. The SMILES string of the molecule is COc1ccccc1C(=O)Nc1ccc(N2CCN(c3ncccn3)CC2)nc1. The highest BCUT2D eigenvalue weighted by atomic mass is 16.5. The van der Waals surface area contributed by atoms with Gasteiger partial charge in [0, 0.05) is 38.6 Å². The molecule has 1 N–H and O–H groups in total. The minimum absolute atomic E-state index is 0.228. The van der Waals surface area contributed by atoms with Gasteiger partial charge < -0.3 is 19.9 Å². The number of carbonyl (C=O) groups excluding carboxylic acids is 1. The molecule has 0 radical (unpaired) electrons. The first kappa shape index (κ1) is 18.7. The lowest BCUT2D eigenvalue weighted by molar-refractivity contribution is 0.102. The number of anilines is 3. The van der Waals surface area contributed by atoms with Crippen LogP contribution in [0.5, 0.6) is 5.75 Å². The number of hydrogen-bond acceptors (Lipinski definition) is 7. The fourth-order valence-electron chi connectivity index (χ4n) is 3.27. The molecule has 8 heteroatoms. The van der Waals surface area contributed by atoms with Crippen molar-refractivity contribution >= 4 is 23.4 Å². The molecule has 0 bridgehead atoms. The van der Waals surface area contributed by atoms with Crippen LogP contribution in [0, 0.1) is 0 Å². The number of carbonyl (C=O) groups is 1. The highest BCUT2D eigenvalue weighted by Gasteiger charge is 2.20. The van der Waals surface area contributed by atoms with Gasteiger partial charge in [0.15, 0.2) is 0 Å². The molecule has 1 aromatic carbocycles. The summed E-state index contributed by atoms with van der Waals surface area (Å²) in [7, 11) is 1.55. The molecule has 0 atom stereocenters. The van der Waals surface area contributed by atoms with Crippen LogP contribution in [-0.2, 0) is 0 Å². The Hall–Kier alpha value is -3.68. The van der Waals surface area contributed by atoms with Gasteiger partial charge in [-0.2, -0.15) is 0 Å². The molecule has 1 fully saturated rings. The number of nitrogens with zero attached hydrogens (tertiary/aromatic N) is 5. The molecule has 0 spiro atoms. The Morgan fingerprint density at radius 2 is 1.66 bits per heavy atom. The normalized spacial score (nSPS) is 13.8. The van der Waals surface area contributed by atoms with Crippen molar-refractivity contribution in [3.05, 3.63) is 66.6 Å². The van der Waals surface area contributed by atoms with E-state index in [1.54, 1.807) is 43.9 Å². The van der Waals surface area contributed by atoms with Crippen molar-refractivity contribution in [1.29, 1.82) is 0 Å². The average molecular weight is 390 g/mol. The topological polar surface area (TPSA) is 83.5 Å². The lowest BCUT2D eigenvalue weighted by Gasteiger charge is -2.35. The Balaban J connectivity index is 1.37. The third kappa shape index (κ3) is 4.26. The van der Waals surface area contributed by atoms with Gasteiger partial charge in [0.1, 0.15) is 11.6 Å². The van der Waals surface area contributed by atoms with Gasteiger partial charge in [-0.15, -0.1) is 0 Å². The summed E-state index contributed by atoms with van der Waals surface area (Å²) in [5.41, 5.74) is 1.12. The minimum atomic E-state index is -0.228. The number of piperazine rings is 1. The molecular weight excluding hydrogens is 368 g/mol. The van der Waals surface area contributed by atoms with Crippen LogP contribution in [0.1, 0.15) is 10.4 Å². The molecule has 1 aliphatic heterocycles. The second kappa shape index (κ2) is 8.55. The summed E-state index contributed by atoms with van der Waals surface area (Å²) in [5.74, 6) is 1.95. The Kier molecular flexibility index (Phi) is 5.51. The number of nitrogens with one attached hydrogen (secondary N) is 1. The van der Waals surface area contributed by atoms with Gasteiger partial charge in [0.05, 0.1) is 24.6 Å². The van der Waals surface area contributed by atoms with Gasteiger partial charge in [0.2, 0.25) is 5.95 Å². The van der Waals surface area contributed by atoms with Crippen LogP contribution in [0.4, 0.5) is 17.5 Å². The predicted molar refractivity (Wildman–Crippen MR) is 112 cm³/mol. The van der Waals surface area contributed by atoms with Gasteiger partial charge in [-0.05, 0) is 30.3 Å². The molecule has 0 unspecified atom stereocenters. The van der Waals surface area contributed by atoms with Gasteiger partial charge >= 0.3 is 0 Å². The van der Waals surface area contributed by atoms with Crippen molar-refractivity contribution in [1.82, 2.24) is 15.0 Å². The number of rotatable bonds is 5. The fourth-order valence-corrected chi connectivity index (χ4v) is 3.27. The summed E-state index contributed by atoms with van der Waals surface area (Å²) in [6.07, 6.45) is 5.19. The average Bonchev–Trinajstić information content (AvgIpc) is 2.80. The summed E-state index contributed by atoms with van der Waals surface area (Å²) >= 11 is 0. The zero-order chi connectivity index (χ0) is 20.1. The van der Waals surface area contributed by atoms with Crippen molar-refractivity contribution in [2.75, 3.05) is 48.4 Å². The van der Waals surface area contributed by atoms with E-state index in [-0.39, 0.29) is 5.91 Å². The van der Waals surface area contributed by atoms with E-state index in [9.17, 15) is 4.79 Å². The zero-order valence-electron chi connectivity index (χ0n) is 16.2. The highest BCUT2D eigenvalue weighted by Crippen LogP contribution is 2.21. The zero-order valence-corrected chi connectivity index (χ0v) is 16.2. The smallest absolute Gasteiger partial charge is 0.259 e. The first-order chi connectivity index (χ1) is 14.2. The number of ether oxygens (including phenoxy) is 1. The maximum Gasteiger partial charge on any atom is 0.259 e. The van der Waals surface area contributed by atoms with E-state index in [0.717, 1.165) is 37.9 Å². The van der Waals surface area contributed by atoms with E-state index < -0.39 is 0 Å². The lowest BCUT2D eigenvalue weighted by Crippen LogP contribution is -2.47. The van der Waals surface area contributed by atoms with E-state index in [1.807, 2.05) is 24.3 Å². The molecule has 3 aromatic rings. The summed E-state index contributed by atoms with van der Waals surface area (Å²) in [6, 6.07) is 12.7. The first-order valence-electron chi connectivity index (χ1n) is 9.42. The van der Waals surface area contributed by atoms with E-state index in [1.165, 1.54) is 0 Å². The summed E-state index contributed by atoms with van der Waals surface area (Å²) in [5, 5.41) is 2.87. The van der Waals surface area contributed by atoms with Crippen LogP contribution in [-0.4, -0.2) is 54.1 Å². The third-order valence-electron chi connectivity index (χ3n) is 4.80. The summed E-state index contributed by atoms with van der Waals surface area (Å²) in [4.78, 5) is 30.0. The Morgan fingerprint density at radius 1 is 0.931 bits per heavy atom. The standard InChI is InChI=1S/C21H22N6O2/c1-29-18-6-3-2-5-17(18)20(28)25-16-7-8-19(24-15-16)26-11-13-27(14-12-26)21-22-9-4-10-23-21/h2-10,15H,11-14H2,1H3,(H,25,28). The molecule has 4 rings (SSSR count). The molecule has 8 nitrogen and oxygen atoms in total. The molecule has 148 valence electrons. The molecular formula is C21H22N6O2. The molecule has 29 heavy (non-hydrogen) atoms. The van der Waals surface area contributed by atoms with Crippen molar-refractivity contribution in [2.24, 2.45) is 0 Å². The fraction of sp³-hybridized carbons (Fsp3) is 0.238. The van der Waals surface area contributed by atoms with Crippen LogP contribution in [0.3, 0.4) is 0 Å². The Labute approximate surface area is 169 Å². The number of amides is 1. The summed E-state index contributed by atoms with van der Waals surface area (Å²) < 4.78 is 5.25. The maximum absolute atomic E-state index is 12.5. The molecule has 0 saturated carbocycles. The van der Waals surface area contributed by atoms with E-state index in [0.29, 0.717) is 17.0 Å². The molecule has 2 aromatic heterocycles. The molecule has 1 saturated heterocycles. The van der Waals surface area contributed by atoms with Crippen LogP contribution < -0.4 is 19.9 Å². The van der Waals surface area contributed by atoms with E-state index in [4.69, 9.17) is 4.74 Å².